The van der Waals surface area contributed by atoms with E-state index in [1.54, 1.807) is 0 Å². The summed E-state index contributed by atoms with van der Waals surface area (Å²) in [6.45, 7) is 6.17. The fourth-order valence-corrected chi connectivity index (χ4v) is 2.72. The lowest BCUT2D eigenvalue weighted by Gasteiger charge is -2.33. The van der Waals surface area contributed by atoms with Crippen LogP contribution < -0.4 is 5.32 Å². The molecule has 3 nitrogen and oxygen atoms in total. The molecular formula is C12H22N2O. The van der Waals surface area contributed by atoms with Crippen LogP contribution in [0.2, 0.25) is 0 Å². The smallest absolute Gasteiger partial charge is 0.239 e. The first kappa shape index (κ1) is 10.9. The standard InChI is InChI=1S/C12H22N2O/c1-3-9-8-11(9)14-7-5-6-10(12(14)15)13-4-2/h9-11,13H,3-8H2,1-2H3. The number of piperidine rings is 1. The molecule has 1 N–H and O–H groups in total. The van der Waals surface area contributed by atoms with Crippen molar-refractivity contribution in [3.8, 4) is 0 Å². The second kappa shape index (κ2) is 4.52. The number of nitrogens with one attached hydrogen (secondary N) is 1. The Labute approximate surface area is 92.2 Å². The van der Waals surface area contributed by atoms with Crippen molar-refractivity contribution >= 4 is 5.91 Å². The van der Waals surface area contributed by atoms with Gasteiger partial charge >= 0.3 is 0 Å². The zero-order valence-electron chi connectivity index (χ0n) is 9.83. The average molecular weight is 210 g/mol. The van der Waals surface area contributed by atoms with E-state index >= 15 is 0 Å². The van der Waals surface area contributed by atoms with Crippen LogP contribution in [0.25, 0.3) is 0 Å². The van der Waals surface area contributed by atoms with E-state index in [0.717, 1.165) is 31.8 Å². The molecule has 1 aliphatic heterocycles. The molecule has 1 aliphatic carbocycles. The van der Waals surface area contributed by atoms with Gasteiger partial charge in [-0.1, -0.05) is 20.3 Å². The molecule has 2 aliphatic rings. The lowest BCUT2D eigenvalue weighted by atomic mass is 10.0. The van der Waals surface area contributed by atoms with Gasteiger partial charge in [0.15, 0.2) is 0 Å². The molecule has 1 saturated carbocycles. The van der Waals surface area contributed by atoms with Gasteiger partial charge in [0.1, 0.15) is 0 Å². The van der Waals surface area contributed by atoms with E-state index < -0.39 is 0 Å². The molecule has 86 valence electrons. The van der Waals surface area contributed by atoms with Crippen LogP contribution in [0, 0.1) is 5.92 Å². The number of likely N-dealkylation sites (N-methyl/N-ethyl adjacent to an activating group) is 1. The molecule has 1 saturated heterocycles. The number of carbonyl (C=O) groups excluding carboxylic acids is 1. The molecule has 0 aromatic rings. The third-order valence-electron chi connectivity index (χ3n) is 3.73. The SMILES string of the molecule is CCNC1CCCN(C2CC2CC)C1=O. The van der Waals surface area contributed by atoms with E-state index in [9.17, 15) is 4.79 Å². The highest BCUT2D eigenvalue weighted by atomic mass is 16.2. The first-order valence-electron chi connectivity index (χ1n) is 6.31. The summed E-state index contributed by atoms with van der Waals surface area (Å²) in [5.41, 5.74) is 0. The van der Waals surface area contributed by atoms with Gasteiger partial charge in [-0.05, 0) is 31.7 Å². The molecule has 0 aromatic heterocycles. The number of likely N-dealkylation sites (tertiary alicyclic amines) is 1. The largest absolute Gasteiger partial charge is 0.338 e. The fourth-order valence-electron chi connectivity index (χ4n) is 2.72. The summed E-state index contributed by atoms with van der Waals surface area (Å²) < 4.78 is 0. The Morgan fingerprint density at radius 1 is 1.47 bits per heavy atom. The van der Waals surface area contributed by atoms with Crippen LogP contribution in [-0.2, 0) is 4.79 Å². The molecule has 0 aromatic carbocycles. The minimum Gasteiger partial charge on any atom is -0.338 e. The van der Waals surface area contributed by atoms with Gasteiger partial charge in [0.2, 0.25) is 5.91 Å². The molecule has 2 rings (SSSR count). The Bertz CT molecular complexity index is 240. The normalized spacial score (nSPS) is 35.7. The van der Waals surface area contributed by atoms with Crippen molar-refractivity contribution in [3.63, 3.8) is 0 Å². The Morgan fingerprint density at radius 2 is 2.27 bits per heavy atom. The van der Waals surface area contributed by atoms with E-state index in [0.29, 0.717) is 11.9 Å². The van der Waals surface area contributed by atoms with Crippen LogP contribution in [0.4, 0.5) is 0 Å². The van der Waals surface area contributed by atoms with Crippen LogP contribution >= 0.6 is 0 Å². The maximum Gasteiger partial charge on any atom is 0.239 e. The molecule has 3 heteroatoms. The number of carbonyl (C=O) groups is 1. The monoisotopic (exact) mass is 210 g/mol. The Balaban J connectivity index is 1.92. The predicted molar refractivity (Wildman–Crippen MR) is 60.6 cm³/mol. The van der Waals surface area contributed by atoms with Gasteiger partial charge in [-0.3, -0.25) is 4.79 Å². The van der Waals surface area contributed by atoms with E-state index in [2.05, 4.69) is 24.1 Å². The molecule has 15 heavy (non-hydrogen) atoms. The first-order chi connectivity index (χ1) is 7.27. The number of rotatable bonds is 4. The lowest BCUT2D eigenvalue weighted by molar-refractivity contribution is -0.136. The van der Waals surface area contributed by atoms with Gasteiger partial charge in [0, 0.05) is 12.6 Å². The van der Waals surface area contributed by atoms with Crippen LogP contribution in [0.15, 0.2) is 0 Å². The molecule has 0 spiro atoms. The highest BCUT2D eigenvalue weighted by Crippen LogP contribution is 2.39. The molecule has 3 atom stereocenters. The Kier molecular flexibility index (Phi) is 3.29. The zero-order valence-corrected chi connectivity index (χ0v) is 9.83. The third-order valence-corrected chi connectivity index (χ3v) is 3.73. The minimum absolute atomic E-state index is 0.0989. The van der Waals surface area contributed by atoms with Crippen molar-refractivity contribution in [2.24, 2.45) is 5.92 Å². The van der Waals surface area contributed by atoms with Crippen LogP contribution in [0.3, 0.4) is 0 Å². The average Bonchev–Trinajstić information content (AvgIpc) is 3.00. The predicted octanol–water partition coefficient (Wildman–Crippen LogP) is 1.39. The molecule has 0 bridgehead atoms. The Morgan fingerprint density at radius 3 is 2.87 bits per heavy atom. The highest BCUT2D eigenvalue weighted by molar-refractivity contribution is 5.83. The quantitative estimate of drug-likeness (QED) is 0.760. The summed E-state index contributed by atoms with van der Waals surface area (Å²) in [5.74, 6) is 1.14. The van der Waals surface area contributed by atoms with Gasteiger partial charge in [0.05, 0.1) is 6.04 Å². The van der Waals surface area contributed by atoms with Crippen LogP contribution in [0.5, 0.6) is 0 Å². The molecule has 1 amide bonds. The summed E-state index contributed by atoms with van der Waals surface area (Å²) in [4.78, 5) is 14.3. The third kappa shape index (κ3) is 2.17. The van der Waals surface area contributed by atoms with Crippen molar-refractivity contribution in [1.29, 1.82) is 0 Å². The van der Waals surface area contributed by atoms with Crippen molar-refractivity contribution in [3.05, 3.63) is 0 Å². The lowest BCUT2D eigenvalue weighted by Crippen LogP contribution is -2.51. The summed E-state index contributed by atoms with van der Waals surface area (Å²) >= 11 is 0. The van der Waals surface area contributed by atoms with Gasteiger partial charge in [-0.2, -0.15) is 0 Å². The molecule has 0 radical (unpaired) electrons. The van der Waals surface area contributed by atoms with E-state index in [-0.39, 0.29) is 6.04 Å². The first-order valence-corrected chi connectivity index (χ1v) is 6.31. The highest BCUT2D eigenvalue weighted by Gasteiger charge is 2.44. The number of nitrogens with zero attached hydrogens (tertiary/aromatic N) is 1. The topological polar surface area (TPSA) is 32.3 Å². The molecule has 2 fully saturated rings. The maximum atomic E-state index is 12.1. The van der Waals surface area contributed by atoms with Gasteiger partial charge in [-0.15, -0.1) is 0 Å². The summed E-state index contributed by atoms with van der Waals surface area (Å²) in [6.07, 6.45) is 4.64. The van der Waals surface area contributed by atoms with Gasteiger partial charge in [0.25, 0.3) is 0 Å². The minimum atomic E-state index is 0.0989. The van der Waals surface area contributed by atoms with Crippen molar-refractivity contribution < 1.29 is 4.79 Å². The molecular weight excluding hydrogens is 188 g/mol. The maximum absolute atomic E-state index is 12.1. The summed E-state index contributed by atoms with van der Waals surface area (Å²) in [7, 11) is 0. The van der Waals surface area contributed by atoms with Crippen LogP contribution in [0.1, 0.15) is 39.5 Å². The number of amides is 1. The van der Waals surface area contributed by atoms with E-state index in [4.69, 9.17) is 0 Å². The zero-order chi connectivity index (χ0) is 10.8. The Hall–Kier alpha value is -0.570. The summed E-state index contributed by atoms with van der Waals surface area (Å²) in [5, 5.41) is 3.29. The van der Waals surface area contributed by atoms with Crippen molar-refractivity contribution in [2.45, 2.75) is 51.6 Å². The fraction of sp³-hybridized carbons (Fsp3) is 0.917. The van der Waals surface area contributed by atoms with E-state index in [1.165, 1.54) is 12.8 Å². The molecule has 3 unspecified atom stereocenters. The van der Waals surface area contributed by atoms with Crippen LogP contribution in [-0.4, -0.2) is 36.0 Å². The van der Waals surface area contributed by atoms with Gasteiger partial charge < -0.3 is 10.2 Å². The second-order valence-electron chi connectivity index (χ2n) is 4.76. The van der Waals surface area contributed by atoms with Crippen molar-refractivity contribution in [1.82, 2.24) is 10.2 Å². The van der Waals surface area contributed by atoms with E-state index in [1.807, 2.05) is 0 Å². The summed E-state index contributed by atoms with van der Waals surface area (Å²) in [6, 6.07) is 0.672. The second-order valence-corrected chi connectivity index (χ2v) is 4.76. The molecule has 1 heterocycles. The van der Waals surface area contributed by atoms with Gasteiger partial charge in [-0.25, -0.2) is 0 Å². The van der Waals surface area contributed by atoms with Crippen molar-refractivity contribution in [2.75, 3.05) is 13.1 Å². The number of hydrogen-bond donors (Lipinski definition) is 1. The number of hydrogen-bond acceptors (Lipinski definition) is 2.